The number of amides is 4. The fourth-order valence-corrected chi connectivity index (χ4v) is 4.19. The summed E-state index contributed by atoms with van der Waals surface area (Å²) in [4.78, 5) is 49.9. The maximum Gasteiger partial charge on any atom is 0.255 e. The number of fused-ring (bicyclic) bond motifs is 1. The van der Waals surface area contributed by atoms with Crippen LogP contribution in [0.25, 0.3) is 0 Å². The van der Waals surface area contributed by atoms with Gasteiger partial charge in [-0.3, -0.25) is 24.5 Å². The second-order valence-electron chi connectivity index (χ2n) is 7.60. The van der Waals surface area contributed by atoms with Gasteiger partial charge in [-0.25, -0.2) is 0 Å². The quantitative estimate of drug-likeness (QED) is 0.713. The highest BCUT2D eigenvalue weighted by Gasteiger charge is 2.39. The number of primary amides is 1. The first-order chi connectivity index (χ1) is 14.3. The van der Waals surface area contributed by atoms with E-state index in [1.54, 1.807) is 36.4 Å². The van der Waals surface area contributed by atoms with Crippen LogP contribution in [0, 0.1) is 0 Å². The molecule has 8 heteroatoms. The smallest absolute Gasteiger partial charge is 0.255 e. The largest absolute Gasteiger partial charge is 0.369 e. The second kappa shape index (κ2) is 7.91. The Morgan fingerprint density at radius 3 is 2.57 bits per heavy atom. The molecule has 2 aliphatic rings. The van der Waals surface area contributed by atoms with Gasteiger partial charge in [-0.1, -0.05) is 35.9 Å². The Hall–Kier alpha value is -3.19. The van der Waals surface area contributed by atoms with Crippen molar-refractivity contribution in [1.82, 2.24) is 10.2 Å². The molecule has 30 heavy (non-hydrogen) atoms. The Morgan fingerprint density at radius 2 is 1.90 bits per heavy atom. The summed E-state index contributed by atoms with van der Waals surface area (Å²) in [7, 11) is 0. The average Bonchev–Trinajstić information content (AvgIpc) is 3.02. The summed E-state index contributed by atoms with van der Waals surface area (Å²) in [5.41, 5.74) is 8.59. The minimum atomic E-state index is -0.654. The van der Waals surface area contributed by atoms with Gasteiger partial charge in [0.2, 0.25) is 17.7 Å². The first-order valence-corrected chi connectivity index (χ1v) is 10.0. The van der Waals surface area contributed by atoms with Crippen LogP contribution in [-0.4, -0.2) is 34.6 Å². The van der Waals surface area contributed by atoms with Crippen molar-refractivity contribution in [3.05, 3.63) is 69.7 Å². The first-order valence-electron chi connectivity index (χ1n) is 9.64. The van der Waals surface area contributed by atoms with Gasteiger partial charge in [0.05, 0.1) is 5.92 Å². The van der Waals surface area contributed by atoms with Gasteiger partial charge in [0, 0.05) is 23.6 Å². The number of hydrogen-bond donors (Lipinski definition) is 2. The number of hydrogen-bond acceptors (Lipinski definition) is 4. The van der Waals surface area contributed by atoms with Crippen LogP contribution < -0.4 is 11.1 Å². The molecule has 7 nitrogen and oxygen atoms in total. The van der Waals surface area contributed by atoms with Gasteiger partial charge >= 0.3 is 0 Å². The highest BCUT2D eigenvalue weighted by atomic mass is 35.5. The second-order valence-corrected chi connectivity index (χ2v) is 8.04. The van der Waals surface area contributed by atoms with Crippen molar-refractivity contribution in [2.75, 3.05) is 0 Å². The van der Waals surface area contributed by atoms with Gasteiger partial charge in [0.15, 0.2) is 0 Å². The fourth-order valence-electron chi connectivity index (χ4n) is 4.07. The van der Waals surface area contributed by atoms with Crippen LogP contribution in [0.2, 0.25) is 5.02 Å². The van der Waals surface area contributed by atoms with Crippen molar-refractivity contribution in [2.45, 2.75) is 37.8 Å². The summed E-state index contributed by atoms with van der Waals surface area (Å²) in [6.07, 6.45) is 0.914. The number of rotatable bonds is 5. The van der Waals surface area contributed by atoms with E-state index in [1.807, 2.05) is 6.07 Å². The number of nitrogens with two attached hydrogens (primary N) is 1. The number of imide groups is 1. The monoisotopic (exact) mass is 425 g/mol. The van der Waals surface area contributed by atoms with Crippen LogP contribution in [0.3, 0.4) is 0 Å². The molecule has 2 aromatic carbocycles. The van der Waals surface area contributed by atoms with Crippen molar-refractivity contribution in [3.63, 3.8) is 0 Å². The zero-order valence-corrected chi connectivity index (χ0v) is 16.8. The van der Waals surface area contributed by atoms with Crippen LogP contribution in [0.1, 0.15) is 45.8 Å². The van der Waals surface area contributed by atoms with Crippen molar-refractivity contribution in [1.29, 1.82) is 0 Å². The van der Waals surface area contributed by atoms with E-state index in [1.165, 1.54) is 4.90 Å². The fraction of sp³-hybridized carbons (Fsp3) is 0.273. The first kappa shape index (κ1) is 20.1. The molecule has 0 bridgehead atoms. The third-order valence-corrected chi connectivity index (χ3v) is 5.90. The van der Waals surface area contributed by atoms with Gasteiger partial charge in [0.1, 0.15) is 6.04 Å². The van der Waals surface area contributed by atoms with Crippen molar-refractivity contribution in [2.24, 2.45) is 5.73 Å². The van der Waals surface area contributed by atoms with Crippen molar-refractivity contribution < 1.29 is 19.2 Å². The molecule has 0 radical (unpaired) electrons. The zero-order chi connectivity index (χ0) is 21.4. The number of carbonyl (C=O) groups excluding carboxylic acids is 4. The van der Waals surface area contributed by atoms with E-state index < -0.39 is 23.8 Å². The van der Waals surface area contributed by atoms with Gasteiger partial charge in [-0.2, -0.15) is 0 Å². The molecule has 0 saturated carbocycles. The molecule has 2 heterocycles. The third-order valence-electron chi connectivity index (χ3n) is 5.64. The lowest BCUT2D eigenvalue weighted by molar-refractivity contribution is -0.137. The maximum absolute atomic E-state index is 12.8. The summed E-state index contributed by atoms with van der Waals surface area (Å²) >= 11 is 5.93. The Kier molecular flexibility index (Phi) is 5.30. The van der Waals surface area contributed by atoms with E-state index in [0.717, 1.165) is 16.7 Å². The molecular formula is C22H20ClN3O4. The molecule has 154 valence electrons. The standard InChI is InChI=1S/C22H20ClN3O4/c23-15-4-2-13(3-5-15)17(20(24)28)10-12-1-6-16-14(9-12)11-26(22(16)30)18-7-8-19(27)25-21(18)29/h1-6,9,17-18H,7-8,10-11H2,(H2,24,28)(H,25,27,29). The van der Waals surface area contributed by atoms with E-state index >= 15 is 0 Å². The summed E-state index contributed by atoms with van der Waals surface area (Å²) in [5, 5.41) is 2.87. The highest BCUT2D eigenvalue weighted by molar-refractivity contribution is 6.30. The van der Waals surface area contributed by atoms with E-state index in [0.29, 0.717) is 23.4 Å². The summed E-state index contributed by atoms with van der Waals surface area (Å²) < 4.78 is 0. The minimum Gasteiger partial charge on any atom is -0.369 e. The summed E-state index contributed by atoms with van der Waals surface area (Å²) in [6.45, 7) is 0.288. The Bertz CT molecular complexity index is 1050. The van der Waals surface area contributed by atoms with Gasteiger partial charge in [0.25, 0.3) is 5.91 Å². The summed E-state index contributed by atoms with van der Waals surface area (Å²) in [6, 6.07) is 11.7. The van der Waals surface area contributed by atoms with E-state index in [4.69, 9.17) is 17.3 Å². The molecule has 4 amide bonds. The number of carbonyl (C=O) groups is 4. The van der Waals surface area contributed by atoms with Crippen LogP contribution in [0.15, 0.2) is 42.5 Å². The number of piperidine rings is 1. The van der Waals surface area contributed by atoms with Crippen LogP contribution in [-0.2, 0) is 27.3 Å². The number of nitrogens with zero attached hydrogens (tertiary/aromatic N) is 1. The summed E-state index contributed by atoms with van der Waals surface area (Å²) in [5.74, 6) is -1.95. The molecule has 1 fully saturated rings. The SMILES string of the molecule is NC(=O)C(Cc1ccc2c(c1)CN(C1CCC(=O)NC1=O)C2=O)c1ccc(Cl)cc1. The lowest BCUT2D eigenvalue weighted by atomic mass is 9.90. The number of benzene rings is 2. The molecule has 3 N–H and O–H groups in total. The van der Waals surface area contributed by atoms with Gasteiger partial charge in [-0.05, 0) is 47.7 Å². The molecule has 0 spiro atoms. The number of nitrogens with one attached hydrogen (secondary N) is 1. The maximum atomic E-state index is 12.8. The van der Waals surface area contributed by atoms with Gasteiger partial charge in [-0.15, -0.1) is 0 Å². The molecule has 2 unspecified atom stereocenters. The molecule has 2 aliphatic heterocycles. The molecule has 2 atom stereocenters. The third kappa shape index (κ3) is 3.80. The van der Waals surface area contributed by atoms with Crippen LogP contribution in [0.4, 0.5) is 0 Å². The highest BCUT2D eigenvalue weighted by Crippen LogP contribution is 2.30. The van der Waals surface area contributed by atoms with Gasteiger partial charge < -0.3 is 10.6 Å². The lowest BCUT2D eigenvalue weighted by Gasteiger charge is -2.29. The van der Waals surface area contributed by atoms with Crippen LogP contribution >= 0.6 is 11.6 Å². The Morgan fingerprint density at radius 1 is 1.17 bits per heavy atom. The molecule has 4 rings (SSSR count). The van der Waals surface area contributed by atoms with E-state index in [9.17, 15) is 19.2 Å². The zero-order valence-electron chi connectivity index (χ0n) is 16.1. The van der Waals surface area contributed by atoms with Crippen LogP contribution in [0.5, 0.6) is 0 Å². The molecule has 2 aromatic rings. The molecule has 1 saturated heterocycles. The van der Waals surface area contributed by atoms with E-state index in [2.05, 4.69) is 5.32 Å². The Labute approximate surface area is 178 Å². The Balaban J connectivity index is 1.55. The average molecular weight is 426 g/mol. The molecule has 0 aromatic heterocycles. The number of halogens is 1. The normalized spacial score (nSPS) is 19.4. The molecule has 0 aliphatic carbocycles. The topological polar surface area (TPSA) is 110 Å². The molecular weight excluding hydrogens is 406 g/mol. The lowest BCUT2D eigenvalue weighted by Crippen LogP contribution is -2.52. The van der Waals surface area contributed by atoms with E-state index in [-0.39, 0.29) is 24.8 Å². The predicted molar refractivity (Wildman–Crippen MR) is 110 cm³/mol. The predicted octanol–water partition coefficient (Wildman–Crippen LogP) is 1.91. The minimum absolute atomic E-state index is 0.211. The van der Waals surface area contributed by atoms with Crippen molar-refractivity contribution in [3.8, 4) is 0 Å². The van der Waals surface area contributed by atoms with Crippen molar-refractivity contribution >= 4 is 35.2 Å².